The molecule has 17 heavy (non-hydrogen) atoms. The first kappa shape index (κ1) is 12.8. The molecule has 0 aromatic carbocycles. The summed E-state index contributed by atoms with van der Waals surface area (Å²) in [5.41, 5.74) is 0. The second-order valence-electron chi connectivity index (χ2n) is 5.22. The lowest BCUT2D eigenvalue weighted by Crippen LogP contribution is -2.52. The van der Waals surface area contributed by atoms with E-state index in [0.717, 1.165) is 45.2 Å². The molecule has 1 unspecified atom stereocenters. The number of aliphatic hydroxyl groups excluding tert-OH is 1. The molecule has 4 heteroatoms. The molecule has 2 heterocycles. The number of amides is 1. The maximum Gasteiger partial charge on any atom is 0.240 e. The van der Waals surface area contributed by atoms with Crippen molar-refractivity contribution < 1.29 is 9.90 Å². The minimum atomic E-state index is -0.00380. The van der Waals surface area contributed by atoms with Gasteiger partial charge in [-0.1, -0.05) is 19.3 Å². The van der Waals surface area contributed by atoms with E-state index >= 15 is 0 Å². The van der Waals surface area contributed by atoms with E-state index in [1.54, 1.807) is 0 Å². The molecule has 2 aliphatic rings. The monoisotopic (exact) mass is 240 g/mol. The van der Waals surface area contributed by atoms with Gasteiger partial charge >= 0.3 is 0 Å². The van der Waals surface area contributed by atoms with E-state index in [4.69, 9.17) is 0 Å². The average Bonchev–Trinajstić information content (AvgIpc) is 2.64. The van der Waals surface area contributed by atoms with Crippen LogP contribution in [-0.2, 0) is 4.79 Å². The van der Waals surface area contributed by atoms with E-state index in [-0.39, 0.29) is 24.6 Å². The number of carbonyl (C=O) groups excluding carboxylic acids is 1. The third-order valence-corrected chi connectivity index (χ3v) is 3.98. The first-order valence-electron chi connectivity index (χ1n) is 6.97. The van der Waals surface area contributed by atoms with Crippen molar-refractivity contribution in [1.29, 1.82) is 0 Å². The minimum absolute atomic E-state index is 0.00380. The quantitative estimate of drug-likeness (QED) is 0.754. The number of carbonyl (C=O) groups is 1. The number of piperidine rings is 1. The summed E-state index contributed by atoms with van der Waals surface area (Å²) in [6.07, 6.45) is 7.61. The Morgan fingerprint density at radius 1 is 1.18 bits per heavy atom. The third-order valence-electron chi connectivity index (χ3n) is 3.98. The Morgan fingerprint density at radius 3 is 2.71 bits per heavy atom. The molecule has 4 nitrogen and oxygen atoms in total. The molecular weight excluding hydrogens is 216 g/mol. The Labute approximate surface area is 103 Å². The van der Waals surface area contributed by atoms with Crippen molar-refractivity contribution in [3.05, 3.63) is 0 Å². The standard InChI is InChI=1S/C13H24N2O2/c16-10-11-6-2-1-5-9-15(11)13(17)12-7-3-4-8-14-12/h11-12,14,16H,1-10H2/t11?,12-/m0/s1. The largest absolute Gasteiger partial charge is 0.394 e. The number of nitrogens with zero attached hydrogens (tertiary/aromatic N) is 1. The molecular formula is C13H24N2O2. The van der Waals surface area contributed by atoms with E-state index in [1.165, 1.54) is 12.8 Å². The van der Waals surface area contributed by atoms with Gasteiger partial charge in [0.1, 0.15) is 0 Å². The van der Waals surface area contributed by atoms with E-state index in [2.05, 4.69) is 5.32 Å². The summed E-state index contributed by atoms with van der Waals surface area (Å²) in [4.78, 5) is 14.4. The van der Waals surface area contributed by atoms with Gasteiger partial charge in [-0.2, -0.15) is 0 Å². The number of rotatable bonds is 2. The second kappa shape index (κ2) is 6.36. The average molecular weight is 240 g/mol. The van der Waals surface area contributed by atoms with Crippen LogP contribution in [-0.4, -0.2) is 47.7 Å². The molecule has 2 rings (SSSR count). The van der Waals surface area contributed by atoms with Crippen LogP contribution in [0.5, 0.6) is 0 Å². The predicted molar refractivity (Wildman–Crippen MR) is 66.7 cm³/mol. The van der Waals surface area contributed by atoms with Crippen LogP contribution in [0.4, 0.5) is 0 Å². The predicted octanol–water partition coefficient (Wildman–Crippen LogP) is 0.892. The van der Waals surface area contributed by atoms with Crippen LogP contribution in [0.2, 0.25) is 0 Å². The number of nitrogens with one attached hydrogen (secondary N) is 1. The van der Waals surface area contributed by atoms with Gasteiger partial charge in [0, 0.05) is 6.54 Å². The number of hydrogen-bond acceptors (Lipinski definition) is 3. The van der Waals surface area contributed by atoms with Crippen molar-refractivity contribution >= 4 is 5.91 Å². The van der Waals surface area contributed by atoms with E-state index in [9.17, 15) is 9.90 Å². The topological polar surface area (TPSA) is 52.6 Å². The van der Waals surface area contributed by atoms with Crippen LogP contribution in [0.1, 0.15) is 44.9 Å². The molecule has 0 bridgehead atoms. The highest BCUT2D eigenvalue weighted by Gasteiger charge is 2.30. The number of hydrogen-bond donors (Lipinski definition) is 2. The molecule has 0 radical (unpaired) electrons. The smallest absolute Gasteiger partial charge is 0.240 e. The third kappa shape index (κ3) is 3.19. The lowest BCUT2D eigenvalue weighted by atomic mass is 10.0. The zero-order chi connectivity index (χ0) is 12.1. The molecule has 2 saturated heterocycles. The van der Waals surface area contributed by atoms with Crippen molar-refractivity contribution in [2.75, 3.05) is 19.7 Å². The first-order valence-corrected chi connectivity index (χ1v) is 6.97. The highest BCUT2D eigenvalue weighted by molar-refractivity contribution is 5.82. The SMILES string of the molecule is O=C([C@@H]1CCCCN1)N1CCCCCC1CO. The molecule has 1 amide bonds. The second-order valence-corrected chi connectivity index (χ2v) is 5.22. The van der Waals surface area contributed by atoms with Gasteiger partial charge in [0.05, 0.1) is 18.7 Å². The summed E-state index contributed by atoms with van der Waals surface area (Å²) in [6, 6.07) is 0.0460. The van der Waals surface area contributed by atoms with Crippen molar-refractivity contribution in [2.24, 2.45) is 0 Å². The van der Waals surface area contributed by atoms with Gasteiger partial charge in [0.15, 0.2) is 0 Å². The Kier molecular flexibility index (Phi) is 4.80. The van der Waals surface area contributed by atoms with Gasteiger partial charge in [0.2, 0.25) is 5.91 Å². The Balaban J connectivity index is 1.98. The molecule has 0 aromatic rings. The van der Waals surface area contributed by atoms with Crippen molar-refractivity contribution in [3.63, 3.8) is 0 Å². The fourth-order valence-electron chi connectivity index (χ4n) is 2.92. The minimum Gasteiger partial charge on any atom is -0.394 e. The highest BCUT2D eigenvalue weighted by Crippen LogP contribution is 2.19. The van der Waals surface area contributed by atoms with Crippen LogP contribution in [0.3, 0.4) is 0 Å². The van der Waals surface area contributed by atoms with Gasteiger partial charge in [0.25, 0.3) is 0 Å². The van der Waals surface area contributed by atoms with E-state index in [1.807, 2.05) is 4.90 Å². The molecule has 2 N–H and O–H groups in total. The maximum absolute atomic E-state index is 12.4. The lowest BCUT2D eigenvalue weighted by molar-refractivity contribution is -0.137. The van der Waals surface area contributed by atoms with Gasteiger partial charge < -0.3 is 15.3 Å². The molecule has 2 atom stereocenters. The van der Waals surface area contributed by atoms with Gasteiger partial charge in [-0.3, -0.25) is 4.79 Å². The highest BCUT2D eigenvalue weighted by atomic mass is 16.3. The van der Waals surface area contributed by atoms with Gasteiger partial charge in [-0.25, -0.2) is 0 Å². The van der Waals surface area contributed by atoms with Crippen molar-refractivity contribution in [1.82, 2.24) is 10.2 Å². The Hall–Kier alpha value is -0.610. The van der Waals surface area contributed by atoms with Gasteiger partial charge in [-0.05, 0) is 32.2 Å². The number of likely N-dealkylation sites (tertiary alicyclic amines) is 1. The summed E-state index contributed by atoms with van der Waals surface area (Å²) in [5.74, 6) is 0.214. The maximum atomic E-state index is 12.4. The van der Waals surface area contributed by atoms with Crippen LogP contribution in [0, 0.1) is 0 Å². The van der Waals surface area contributed by atoms with Crippen LogP contribution in [0.25, 0.3) is 0 Å². The Bertz CT molecular complexity index is 252. The number of aliphatic hydroxyl groups is 1. The van der Waals surface area contributed by atoms with Crippen molar-refractivity contribution in [3.8, 4) is 0 Å². The molecule has 98 valence electrons. The molecule has 2 fully saturated rings. The molecule has 0 aromatic heterocycles. The summed E-state index contributed by atoms with van der Waals surface area (Å²) in [7, 11) is 0. The molecule has 0 spiro atoms. The fourth-order valence-corrected chi connectivity index (χ4v) is 2.92. The normalized spacial score (nSPS) is 31.0. The van der Waals surface area contributed by atoms with Gasteiger partial charge in [-0.15, -0.1) is 0 Å². The summed E-state index contributed by atoms with van der Waals surface area (Å²) < 4.78 is 0. The zero-order valence-corrected chi connectivity index (χ0v) is 10.5. The molecule has 0 saturated carbocycles. The summed E-state index contributed by atoms with van der Waals surface area (Å²) in [6.45, 7) is 1.88. The van der Waals surface area contributed by atoms with Crippen molar-refractivity contribution in [2.45, 2.75) is 57.0 Å². The lowest BCUT2D eigenvalue weighted by Gasteiger charge is -2.33. The zero-order valence-electron chi connectivity index (χ0n) is 10.5. The molecule has 0 aliphatic carbocycles. The van der Waals surface area contributed by atoms with Crippen LogP contribution < -0.4 is 5.32 Å². The Morgan fingerprint density at radius 2 is 2.00 bits per heavy atom. The summed E-state index contributed by atoms with van der Waals surface area (Å²) >= 11 is 0. The van der Waals surface area contributed by atoms with Crippen LogP contribution >= 0.6 is 0 Å². The van der Waals surface area contributed by atoms with E-state index in [0.29, 0.717) is 0 Å². The fraction of sp³-hybridized carbons (Fsp3) is 0.923. The van der Waals surface area contributed by atoms with Crippen LogP contribution in [0.15, 0.2) is 0 Å². The van der Waals surface area contributed by atoms with E-state index < -0.39 is 0 Å². The summed E-state index contributed by atoms with van der Waals surface area (Å²) in [5, 5.41) is 12.7. The first-order chi connectivity index (χ1) is 8.33. The molecule has 2 aliphatic heterocycles.